The number of amides is 1. The summed E-state index contributed by atoms with van der Waals surface area (Å²) >= 11 is 0. The maximum atomic E-state index is 13.1. The van der Waals surface area contributed by atoms with Gasteiger partial charge in [-0.15, -0.1) is 0 Å². The van der Waals surface area contributed by atoms with E-state index in [0.29, 0.717) is 12.8 Å². The molecule has 1 heterocycles. The van der Waals surface area contributed by atoms with E-state index in [4.69, 9.17) is 9.47 Å². The zero-order valence-corrected chi connectivity index (χ0v) is 44.4. The summed E-state index contributed by atoms with van der Waals surface area (Å²) in [6, 6.07) is -0.713. The van der Waals surface area contributed by atoms with E-state index in [-0.39, 0.29) is 12.5 Å². The number of carbonyl (C=O) groups excluding carboxylic acids is 1. The van der Waals surface area contributed by atoms with Crippen molar-refractivity contribution in [1.82, 2.24) is 5.32 Å². The summed E-state index contributed by atoms with van der Waals surface area (Å²) in [5.41, 5.74) is 0. The molecule has 0 bridgehead atoms. The first-order chi connectivity index (χ1) is 32.8. The largest absolute Gasteiger partial charge is 0.394 e. The highest BCUT2D eigenvalue weighted by molar-refractivity contribution is 5.76. The van der Waals surface area contributed by atoms with Crippen LogP contribution in [0.25, 0.3) is 0 Å². The van der Waals surface area contributed by atoms with Gasteiger partial charge in [-0.05, 0) is 12.8 Å². The molecule has 1 saturated heterocycles. The van der Waals surface area contributed by atoms with E-state index < -0.39 is 49.5 Å². The van der Waals surface area contributed by atoms with Crippen LogP contribution in [0.5, 0.6) is 0 Å². The van der Waals surface area contributed by atoms with Gasteiger partial charge in [0.2, 0.25) is 5.91 Å². The predicted molar refractivity (Wildman–Crippen MR) is 281 cm³/mol. The van der Waals surface area contributed by atoms with Crippen LogP contribution in [-0.4, -0.2) is 87.5 Å². The van der Waals surface area contributed by atoms with Gasteiger partial charge in [0.25, 0.3) is 0 Å². The van der Waals surface area contributed by atoms with Crippen LogP contribution in [0.3, 0.4) is 0 Å². The van der Waals surface area contributed by atoms with E-state index in [1.165, 1.54) is 244 Å². The topological polar surface area (TPSA) is 149 Å². The number of aliphatic hydroxyl groups excluding tert-OH is 5. The van der Waals surface area contributed by atoms with Gasteiger partial charge in [0, 0.05) is 6.42 Å². The lowest BCUT2D eigenvalue weighted by atomic mass is 9.99. The van der Waals surface area contributed by atoms with Crippen LogP contribution in [0, 0.1) is 0 Å². The molecule has 1 rings (SSSR count). The molecule has 1 fully saturated rings. The summed E-state index contributed by atoms with van der Waals surface area (Å²) < 4.78 is 11.3. The number of hydrogen-bond donors (Lipinski definition) is 6. The normalized spacial score (nSPS) is 19.5. The SMILES string of the molecule is CCCCCCCCCCCCCCCCCCCCCCCCCCCCCCCC(=O)N[C@@H](CO[C@@H]1O[C@H](CO)[C@@H](O)C(O)C1O)[C@H](O)CCCCCCCCCCCCCCCCC. The number of unbranched alkanes of at least 4 members (excludes halogenated alkanes) is 42. The van der Waals surface area contributed by atoms with E-state index in [1.54, 1.807) is 0 Å². The molecule has 1 amide bonds. The third-order valence-electron chi connectivity index (χ3n) is 14.7. The number of aliphatic hydroxyl groups is 5. The van der Waals surface area contributed by atoms with Crippen molar-refractivity contribution in [3.63, 3.8) is 0 Å². The van der Waals surface area contributed by atoms with Crippen molar-refractivity contribution in [3.05, 3.63) is 0 Å². The summed E-state index contributed by atoms with van der Waals surface area (Å²) in [7, 11) is 0. The Balaban J connectivity index is 2.12. The van der Waals surface area contributed by atoms with Crippen LogP contribution in [0.4, 0.5) is 0 Å². The molecule has 0 radical (unpaired) electrons. The Kier molecular flexibility index (Phi) is 46.8. The maximum Gasteiger partial charge on any atom is 0.220 e. The molecule has 0 aromatic carbocycles. The number of rotatable bonds is 52. The molecule has 1 aliphatic rings. The minimum Gasteiger partial charge on any atom is -0.394 e. The molecule has 0 spiro atoms. The lowest BCUT2D eigenvalue weighted by Gasteiger charge is -2.40. The van der Waals surface area contributed by atoms with Crippen LogP contribution < -0.4 is 5.32 Å². The maximum absolute atomic E-state index is 13.1. The van der Waals surface area contributed by atoms with Crippen LogP contribution in [0.2, 0.25) is 0 Å². The highest BCUT2D eigenvalue weighted by atomic mass is 16.7. The average molecular weight is 955 g/mol. The van der Waals surface area contributed by atoms with Gasteiger partial charge in [-0.3, -0.25) is 4.79 Å². The van der Waals surface area contributed by atoms with Crippen LogP contribution >= 0.6 is 0 Å². The van der Waals surface area contributed by atoms with Gasteiger partial charge in [0.15, 0.2) is 6.29 Å². The van der Waals surface area contributed by atoms with E-state index in [1.807, 2.05) is 0 Å². The summed E-state index contributed by atoms with van der Waals surface area (Å²) in [4.78, 5) is 13.1. The Bertz CT molecular complexity index is 1020. The van der Waals surface area contributed by atoms with Gasteiger partial charge in [-0.2, -0.15) is 0 Å². The summed E-state index contributed by atoms with van der Waals surface area (Å²) in [5.74, 6) is -0.136. The first-order valence-electron chi connectivity index (χ1n) is 29.7. The number of ether oxygens (including phenoxy) is 2. The lowest BCUT2D eigenvalue weighted by molar-refractivity contribution is -0.302. The highest BCUT2D eigenvalue weighted by Crippen LogP contribution is 2.23. The molecule has 6 N–H and O–H groups in total. The van der Waals surface area contributed by atoms with Gasteiger partial charge in [0.1, 0.15) is 24.4 Å². The average Bonchev–Trinajstić information content (AvgIpc) is 3.33. The molecule has 0 aromatic heterocycles. The first kappa shape index (κ1) is 64.2. The molecule has 400 valence electrons. The second-order valence-electron chi connectivity index (χ2n) is 21.2. The monoisotopic (exact) mass is 954 g/mol. The number of nitrogens with one attached hydrogen (secondary N) is 1. The quantitative estimate of drug-likeness (QED) is 0.0330. The fourth-order valence-corrected chi connectivity index (χ4v) is 9.99. The summed E-state index contributed by atoms with van der Waals surface area (Å²) in [5, 5.41) is 54.6. The smallest absolute Gasteiger partial charge is 0.220 e. The zero-order valence-electron chi connectivity index (χ0n) is 44.4. The molecular formula is C58H115NO8. The van der Waals surface area contributed by atoms with Gasteiger partial charge >= 0.3 is 0 Å². The summed E-state index contributed by atoms with van der Waals surface area (Å²) in [6.07, 6.45) is 51.5. The minimum absolute atomic E-state index is 0.131. The van der Waals surface area contributed by atoms with Gasteiger partial charge in [-0.1, -0.05) is 290 Å². The molecule has 2 unspecified atom stereocenters. The number of carbonyl (C=O) groups is 1. The number of hydrogen-bond acceptors (Lipinski definition) is 8. The van der Waals surface area contributed by atoms with Crippen LogP contribution in [-0.2, 0) is 14.3 Å². The van der Waals surface area contributed by atoms with Crippen molar-refractivity contribution in [2.45, 2.75) is 352 Å². The zero-order chi connectivity index (χ0) is 48.7. The van der Waals surface area contributed by atoms with Crippen molar-refractivity contribution in [2.24, 2.45) is 0 Å². The lowest BCUT2D eigenvalue weighted by Crippen LogP contribution is -2.60. The Hall–Kier alpha value is -0.810. The third-order valence-corrected chi connectivity index (χ3v) is 14.7. The third kappa shape index (κ3) is 38.5. The Morgan fingerprint density at radius 2 is 0.746 bits per heavy atom. The second kappa shape index (κ2) is 48.8. The van der Waals surface area contributed by atoms with Crippen molar-refractivity contribution >= 4 is 5.91 Å². The molecule has 0 aliphatic carbocycles. The Morgan fingerprint density at radius 1 is 0.448 bits per heavy atom. The van der Waals surface area contributed by atoms with Crippen molar-refractivity contribution < 1.29 is 39.8 Å². The highest BCUT2D eigenvalue weighted by Gasteiger charge is 2.44. The van der Waals surface area contributed by atoms with E-state index in [9.17, 15) is 30.3 Å². The van der Waals surface area contributed by atoms with Crippen LogP contribution in [0.15, 0.2) is 0 Å². The molecule has 9 heteroatoms. The van der Waals surface area contributed by atoms with E-state index in [0.717, 1.165) is 38.5 Å². The van der Waals surface area contributed by atoms with Gasteiger partial charge < -0.3 is 40.3 Å². The fourth-order valence-electron chi connectivity index (χ4n) is 9.99. The predicted octanol–water partition coefficient (Wildman–Crippen LogP) is 14.6. The van der Waals surface area contributed by atoms with E-state index >= 15 is 0 Å². The molecule has 0 saturated carbocycles. The molecule has 67 heavy (non-hydrogen) atoms. The first-order valence-corrected chi connectivity index (χ1v) is 29.7. The fraction of sp³-hybridized carbons (Fsp3) is 0.983. The van der Waals surface area contributed by atoms with Crippen molar-refractivity contribution in [2.75, 3.05) is 13.2 Å². The van der Waals surface area contributed by atoms with E-state index in [2.05, 4.69) is 19.2 Å². The Labute approximate surface area is 414 Å². The summed E-state index contributed by atoms with van der Waals surface area (Å²) in [6.45, 7) is 3.88. The van der Waals surface area contributed by atoms with Gasteiger partial charge in [0.05, 0.1) is 25.4 Å². The van der Waals surface area contributed by atoms with Gasteiger partial charge in [-0.25, -0.2) is 0 Å². The molecular weight excluding hydrogens is 839 g/mol. The van der Waals surface area contributed by atoms with Crippen LogP contribution in [0.1, 0.15) is 309 Å². The minimum atomic E-state index is -1.55. The Morgan fingerprint density at radius 3 is 1.06 bits per heavy atom. The molecule has 1 aliphatic heterocycles. The molecule has 9 nitrogen and oxygen atoms in total. The molecule has 7 atom stereocenters. The standard InChI is InChI=1S/C58H115NO8/c1-3-5-7-9-11-13-15-17-19-20-21-22-23-24-25-26-27-28-29-30-31-32-34-36-38-40-42-44-46-48-54(62)59-51(50-66-58-57(65)56(64)55(63)53(49-60)67-58)52(61)47-45-43-41-39-37-35-33-18-16-14-12-10-8-6-4-2/h51-53,55-58,60-61,63-65H,3-50H2,1-2H3,(H,59,62)/t51-,52+,53+,55+,56?,57?,58+/m0/s1. The molecule has 0 aromatic rings. The van der Waals surface area contributed by atoms with Crippen molar-refractivity contribution in [3.8, 4) is 0 Å². The van der Waals surface area contributed by atoms with Crippen molar-refractivity contribution in [1.29, 1.82) is 0 Å². The second-order valence-corrected chi connectivity index (χ2v) is 21.2.